The molecule has 0 atom stereocenters. The lowest BCUT2D eigenvalue weighted by molar-refractivity contribution is 0.267. The maximum absolute atomic E-state index is 5.95. The van der Waals surface area contributed by atoms with Crippen LogP contribution in [0, 0.1) is 0 Å². The number of para-hydroxylation sites is 1. The molecule has 0 bridgehead atoms. The summed E-state index contributed by atoms with van der Waals surface area (Å²) in [6.07, 6.45) is 0. The standard InChI is InChI=1S/C16H17ClO2/c1-2-18-15-10-6-9-14(11-17)16(15)19-12-13-7-4-3-5-8-13/h3-10H,2,11-12H2,1H3. The predicted molar refractivity (Wildman–Crippen MR) is 77.9 cm³/mol. The zero-order valence-corrected chi connectivity index (χ0v) is 11.7. The highest BCUT2D eigenvalue weighted by atomic mass is 35.5. The van der Waals surface area contributed by atoms with E-state index in [2.05, 4.69) is 0 Å². The molecule has 2 nitrogen and oxygen atoms in total. The van der Waals surface area contributed by atoms with Crippen LogP contribution in [-0.2, 0) is 12.5 Å². The quantitative estimate of drug-likeness (QED) is 0.728. The number of rotatable bonds is 6. The van der Waals surface area contributed by atoms with Crippen molar-refractivity contribution in [1.82, 2.24) is 0 Å². The van der Waals surface area contributed by atoms with Crippen LogP contribution in [0.3, 0.4) is 0 Å². The summed E-state index contributed by atoms with van der Waals surface area (Å²) >= 11 is 5.95. The SMILES string of the molecule is CCOc1cccc(CCl)c1OCc1ccccc1. The first-order valence-corrected chi connectivity index (χ1v) is 6.86. The van der Waals surface area contributed by atoms with Gasteiger partial charge in [-0.2, -0.15) is 0 Å². The molecule has 0 radical (unpaired) electrons. The normalized spacial score (nSPS) is 10.2. The average Bonchev–Trinajstić information content (AvgIpc) is 2.47. The second-order valence-corrected chi connectivity index (χ2v) is 4.35. The molecule has 0 aromatic heterocycles. The molecule has 0 aliphatic heterocycles. The van der Waals surface area contributed by atoms with Crippen LogP contribution in [0.2, 0.25) is 0 Å². The second-order valence-electron chi connectivity index (χ2n) is 4.09. The highest BCUT2D eigenvalue weighted by molar-refractivity contribution is 6.17. The summed E-state index contributed by atoms with van der Waals surface area (Å²) < 4.78 is 11.5. The molecule has 0 saturated carbocycles. The third-order valence-corrected chi connectivity index (χ3v) is 3.02. The fraction of sp³-hybridized carbons (Fsp3) is 0.250. The van der Waals surface area contributed by atoms with Crippen molar-refractivity contribution in [1.29, 1.82) is 0 Å². The second kappa shape index (κ2) is 7.05. The molecule has 2 aromatic carbocycles. The third kappa shape index (κ3) is 3.65. The highest BCUT2D eigenvalue weighted by Gasteiger charge is 2.10. The van der Waals surface area contributed by atoms with Crippen molar-refractivity contribution < 1.29 is 9.47 Å². The lowest BCUT2D eigenvalue weighted by atomic mass is 10.2. The molecule has 0 amide bonds. The Labute approximate surface area is 118 Å². The van der Waals surface area contributed by atoms with Gasteiger partial charge < -0.3 is 9.47 Å². The predicted octanol–water partition coefficient (Wildman–Crippen LogP) is 4.40. The van der Waals surface area contributed by atoms with Gasteiger partial charge in [0.25, 0.3) is 0 Å². The minimum atomic E-state index is 0.408. The summed E-state index contributed by atoms with van der Waals surface area (Å²) in [5.74, 6) is 1.89. The lowest BCUT2D eigenvalue weighted by Gasteiger charge is -2.14. The van der Waals surface area contributed by atoms with E-state index in [0.29, 0.717) is 19.1 Å². The minimum absolute atomic E-state index is 0.408. The molecule has 2 rings (SSSR count). The number of hydrogen-bond donors (Lipinski definition) is 0. The van der Waals surface area contributed by atoms with Crippen LogP contribution in [0.4, 0.5) is 0 Å². The summed E-state index contributed by atoms with van der Waals surface area (Å²) in [6, 6.07) is 15.8. The van der Waals surface area contributed by atoms with Gasteiger partial charge in [-0.1, -0.05) is 42.5 Å². The molecule has 0 spiro atoms. The Kier molecular flexibility index (Phi) is 5.10. The van der Waals surface area contributed by atoms with Gasteiger partial charge in [-0.25, -0.2) is 0 Å². The van der Waals surface area contributed by atoms with Crippen molar-refractivity contribution in [2.24, 2.45) is 0 Å². The molecular weight excluding hydrogens is 260 g/mol. The van der Waals surface area contributed by atoms with Gasteiger partial charge in [0.1, 0.15) is 6.61 Å². The van der Waals surface area contributed by atoms with Crippen LogP contribution in [-0.4, -0.2) is 6.61 Å². The number of alkyl halides is 1. The van der Waals surface area contributed by atoms with E-state index in [0.717, 1.165) is 22.6 Å². The van der Waals surface area contributed by atoms with Gasteiger partial charge in [0, 0.05) is 5.56 Å². The summed E-state index contributed by atoms with van der Waals surface area (Å²) in [7, 11) is 0. The van der Waals surface area contributed by atoms with Crippen molar-refractivity contribution in [3.63, 3.8) is 0 Å². The molecule has 3 heteroatoms. The Morgan fingerprint density at radius 3 is 2.42 bits per heavy atom. The molecule has 0 N–H and O–H groups in total. The first-order valence-electron chi connectivity index (χ1n) is 6.32. The van der Waals surface area contributed by atoms with E-state index in [-0.39, 0.29) is 0 Å². The zero-order valence-electron chi connectivity index (χ0n) is 10.9. The van der Waals surface area contributed by atoms with Crippen molar-refractivity contribution >= 4 is 11.6 Å². The first kappa shape index (κ1) is 13.8. The Balaban J connectivity index is 2.17. The molecular formula is C16H17ClO2. The van der Waals surface area contributed by atoms with E-state index in [1.165, 1.54) is 0 Å². The maximum Gasteiger partial charge on any atom is 0.166 e. The Bertz CT molecular complexity index is 511. The maximum atomic E-state index is 5.95. The van der Waals surface area contributed by atoms with Crippen LogP contribution >= 0.6 is 11.6 Å². The van der Waals surface area contributed by atoms with E-state index < -0.39 is 0 Å². The van der Waals surface area contributed by atoms with Crippen molar-refractivity contribution in [3.8, 4) is 11.5 Å². The summed E-state index contributed by atoms with van der Waals surface area (Å²) in [6.45, 7) is 3.07. The summed E-state index contributed by atoms with van der Waals surface area (Å²) in [4.78, 5) is 0. The smallest absolute Gasteiger partial charge is 0.166 e. The van der Waals surface area contributed by atoms with Gasteiger partial charge in [0.05, 0.1) is 12.5 Å². The lowest BCUT2D eigenvalue weighted by Crippen LogP contribution is -2.01. The van der Waals surface area contributed by atoms with Crippen molar-refractivity contribution in [2.75, 3.05) is 6.61 Å². The molecule has 0 aliphatic carbocycles. The highest BCUT2D eigenvalue weighted by Crippen LogP contribution is 2.33. The van der Waals surface area contributed by atoms with Crippen LogP contribution in [0.1, 0.15) is 18.1 Å². The molecule has 0 saturated heterocycles. The Morgan fingerprint density at radius 1 is 0.947 bits per heavy atom. The van der Waals surface area contributed by atoms with Crippen LogP contribution < -0.4 is 9.47 Å². The van der Waals surface area contributed by atoms with E-state index in [9.17, 15) is 0 Å². The topological polar surface area (TPSA) is 18.5 Å². The molecule has 0 fully saturated rings. The van der Waals surface area contributed by atoms with Crippen LogP contribution in [0.15, 0.2) is 48.5 Å². The first-order chi connectivity index (χ1) is 9.35. The number of ether oxygens (including phenoxy) is 2. The van der Waals surface area contributed by atoms with Gasteiger partial charge in [-0.15, -0.1) is 11.6 Å². The summed E-state index contributed by atoms with van der Waals surface area (Å²) in [5.41, 5.74) is 2.07. The van der Waals surface area contributed by atoms with Gasteiger partial charge >= 0.3 is 0 Å². The molecule has 0 unspecified atom stereocenters. The van der Waals surface area contributed by atoms with Crippen molar-refractivity contribution in [3.05, 3.63) is 59.7 Å². The van der Waals surface area contributed by atoms with Gasteiger partial charge in [0.15, 0.2) is 11.5 Å². The van der Waals surface area contributed by atoms with Crippen LogP contribution in [0.25, 0.3) is 0 Å². The van der Waals surface area contributed by atoms with Crippen LogP contribution in [0.5, 0.6) is 11.5 Å². The molecule has 100 valence electrons. The van der Waals surface area contributed by atoms with E-state index >= 15 is 0 Å². The van der Waals surface area contributed by atoms with Gasteiger partial charge in [-0.05, 0) is 18.6 Å². The van der Waals surface area contributed by atoms with E-state index in [1.807, 2.05) is 55.5 Å². The zero-order chi connectivity index (χ0) is 13.5. The molecule has 19 heavy (non-hydrogen) atoms. The number of hydrogen-bond acceptors (Lipinski definition) is 2. The Hall–Kier alpha value is -1.67. The third-order valence-electron chi connectivity index (χ3n) is 2.73. The fourth-order valence-electron chi connectivity index (χ4n) is 1.83. The van der Waals surface area contributed by atoms with Gasteiger partial charge in [0.2, 0.25) is 0 Å². The fourth-order valence-corrected chi connectivity index (χ4v) is 2.04. The molecule has 2 aromatic rings. The minimum Gasteiger partial charge on any atom is -0.490 e. The largest absolute Gasteiger partial charge is 0.490 e. The Morgan fingerprint density at radius 2 is 1.74 bits per heavy atom. The number of halogens is 1. The monoisotopic (exact) mass is 276 g/mol. The summed E-state index contributed by atoms with van der Waals surface area (Å²) in [5, 5.41) is 0. The molecule has 0 heterocycles. The van der Waals surface area contributed by atoms with E-state index in [1.54, 1.807) is 0 Å². The van der Waals surface area contributed by atoms with Crippen molar-refractivity contribution in [2.45, 2.75) is 19.4 Å². The van der Waals surface area contributed by atoms with Gasteiger partial charge in [-0.3, -0.25) is 0 Å². The average molecular weight is 277 g/mol. The number of benzene rings is 2. The molecule has 0 aliphatic rings. The van der Waals surface area contributed by atoms with E-state index in [4.69, 9.17) is 21.1 Å².